The normalized spacial score (nSPS) is 13.3. The van der Waals surface area contributed by atoms with E-state index in [1.807, 2.05) is 32.0 Å². The number of carboxylic acid groups (broad SMARTS) is 1. The first-order chi connectivity index (χ1) is 9.82. The number of rotatable bonds is 7. The lowest BCUT2D eigenvalue weighted by Crippen LogP contribution is -2.47. The lowest BCUT2D eigenvalue weighted by molar-refractivity contribution is -0.144. The Kier molecular flexibility index (Phi) is 6.17. The fraction of sp³-hybridized carbons (Fsp3) is 0.467. The van der Waals surface area contributed by atoms with Crippen molar-refractivity contribution >= 4 is 11.9 Å². The zero-order chi connectivity index (χ0) is 16.0. The van der Waals surface area contributed by atoms with Gasteiger partial charge in [-0.25, -0.2) is 4.79 Å². The van der Waals surface area contributed by atoms with Gasteiger partial charge in [-0.1, -0.05) is 18.2 Å². The molecule has 0 unspecified atom stereocenters. The molecule has 1 aromatic carbocycles. The number of amides is 1. The summed E-state index contributed by atoms with van der Waals surface area (Å²) in [6, 6.07) is 4.44. The molecular weight excluding hydrogens is 274 g/mol. The maximum atomic E-state index is 11.7. The van der Waals surface area contributed by atoms with Crippen LogP contribution in [0.3, 0.4) is 0 Å². The molecular formula is C15H21NO5. The Hall–Kier alpha value is -2.08. The maximum Gasteiger partial charge on any atom is 0.328 e. The Morgan fingerprint density at radius 2 is 1.86 bits per heavy atom. The van der Waals surface area contributed by atoms with Crippen molar-refractivity contribution < 1.29 is 24.5 Å². The fourth-order valence-corrected chi connectivity index (χ4v) is 1.91. The second-order valence-corrected chi connectivity index (χ2v) is 4.94. The van der Waals surface area contributed by atoms with Crippen LogP contribution in [0.5, 0.6) is 5.75 Å². The molecule has 0 aliphatic heterocycles. The van der Waals surface area contributed by atoms with Gasteiger partial charge in [0.2, 0.25) is 5.91 Å². The molecule has 21 heavy (non-hydrogen) atoms. The number of aliphatic hydroxyl groups is 1. The third-order valence-corrected chi connectivity index (χ3v) is 3.05. The van der Waals surface area contributed by atoms with Crippen LogP contribution in [-0.2, 0) is 9.59 Å². The van der Waals surface area contributed by atoms with Crippen molar-refractivity contribution in [2.45, 2.75) is 39.3 Å². The number of hydrogen-bond acceptors (Lipinski definition) is 4. The average molecular weight is 295 g/mol. The predicted octanol–water partition coefficient (Wildman–Crippen LogP) is 1.02. The van der Waals surface area contributed by atoms with Crippen LogP contribution in [0.15, 0.2) is 18.2 Å². The van der Waals surface area contributed by atoms with Crippen molar-refractivity contribution in [3.8, 4) is 5.75 Å². The van der Waals surface area contributed by atoms with Gasteiger partial charge >= 0.3 is 5.97 Å². The van der Waals surface area contributed by atoms with Gasteiger partial charge in [0.05, 0.1) is 19.1 Å². The first kappa shape index (κ1) is 17.0. The minimum Gasteiger partial charge on any atom is -0.493 e. The molecule has 0 saturated heterocycles. The van der Waals surface area contributed by atoms with Crippen molar-refractivity contribution in [3.05, 3.63) is 29.3 Å². The monoisotopic (exact) mass is 295 g/mol. The summed E-state index contributed by atoms with van der Waals surface area (Å²) in [7, 11) is 0. The SMILES string of the molecule is Cc1cccc(C)c1OCCC(=O)N[C@H](C(=O)O)[C@@H](C)O. The summed E-state index contributed by atoms with van der Waals surface area (Å²) >= 11 is 0. The number of carboxylic acids is 1. The van der Waals surface area contributed by atoms with E-state index in [0.717, 1.165) is 16.9 Å². The van der Waals surface area contributed by atoms with E-state index in [0.29, 0.717) is 0 Å². The number of para-hydroxylation sites is 1. The number of nitrogens with one attached hydrogen (secondary N) is 1. The standard InChI is InChI=1S/C15H21NO5/c1-9-5-4-6-10(2)14(9)21-8-7-12(18)16-13(11(3)17)15(19)20/h4-6,11,13,17H,7-8H2,1-3H3,(H,16,18)(H,19,20)/t11-,13+/m1/s1. The Labute approximate surface area is 123 Å². The predicted molar refractivity (Wildman–Crippen MR) is 77.3 cm³/mol. The van der Waals surface area contributed by atoms with E-state index in [2.05, 4.69) is 5.32 Å². The van der Waals surface area contributed by atoms with Crippen LogP contribution in [0.25, 0.3) is 0 Å². The van der Waals surface area contributed by atoms with E-state index in [1.165, 1.54) is 6.92 Å². The van der Waals surface area contributed by atoms with Crippen molar-refractivity contribution in [2.75, 3.05) is 6.61 Å². The molecule has 6 nitrogen and oxygen atoms in total. The number of aliphatic hydroxyl groups excluding tert-OH is 1. The molecule has 0 aromatic heterocycles. The highest BCUT2D eigenvalue weighted by atomic mass is 16.5. The Morgan fingerprint density at radius 3 is 2.33 bits per heavy atom. The molecule has 0 spiro atoms. The molecule has 0 saturated carbocycles. The summed E-state index contributed by atoms with van der Waals surface area (Å²) in [5.74, 6) is -1.01. The van der Waals surface area contributed by atoms with Gasteiger partial charge in [0.1, 0.15) is 5.75 Å². The Balaban J connectivity index is 2.49. The molecule has 0 bridgehead atoms. The van der Waals surface area contributed by atoms with E-state index < -0.39 is 24.0 Å². The molecule has 1 aromatic rings. The summed E-state index contributed by atoms with van der Waals surface area (Å²) in [5, 5.41) is 20.4. The van der Waals surface area contributed by atoms with Crippen molar-refractivity contribution in [3.63, 3.8) is 0 Å². The molecule has 2 atom stereocenters. The highest BCUT2D eigenvalue weighted by Crippen LogP contribution is 2.22. The molecule has 0 fully saturated rings. The maximum absolute atomic E-state index is 11.7. The first-order valence-corrected chi connectivity index (χ1v) is 6.72. The van der Waals surface area contributed by atoms with E-state index in [4.69, 9.17) is 9.84 Å². The second kappa shape index (κ2) is 7.64. The van der Waals surface area contributed by atoms with Crippen molar-refractivity contribution in [1.29, 1.82) is 0 Å². The minimum absolute atomic E-state index is 0.0181. The van der Waals surface area contributed by atoms with Gasteiger partial charge in [-0.05, 0) is 31.9 Å². The molecule has 0 aliphatic carbocycles. The summed E-state index contributed by atoms with van der Waals surface area (Å²) in [4.78, 5) is 22.5. The highest BCUT2D eigenvalue weighted by Gasteiger charge is 2.24. The van der Waals surface area contributed by atoms with E-state index in [1.54, 1.807) is 0 Å². The van der Waals surface area contributed by atoms with Gasteiger partial charge in [-0.3, -0.25) is 4.79 Å². The van der Waals surface area contributed by atoms with Crippen molar-refractivity contribution in [1.82, 2.24) is 5.32 Å². The van der Waals surface area contributed by atoms with Crippen LogP contribution < -0.4 is 10.1 Å². The first-order valence-electron chi connectivity index (χ1n) is 6.72. The highest BCUT2D eigenvalue weighted by molar-refractivity contribution is 5.83. The van der Waals surface area contributed by atoms with Crippen LogP contribution >= 0.6 is 0 Å². The van der Waals surface area contributed by atoms with Gasteiger partial charge in [0.25, 0.3) is 0 Å². The van der Waals surface area contributed by atoms with Gasteiger partial charge in [-0.2, -0.15) is 0 Å². The summed E-state index contributed by atoms with van der Waals surface area (Å²) in [6.07, 6.45) is -1.14. The number of hydrogen-bond donors (Lipinski definition) is 3. The summed E-state index contributed by atoms with van der Waals surface area (Å²) in [6.45, 7) is 5.28. The van der Waals surface area contributed by atoms with Crippen molar-refractivity contribution in [2.24, 2.45) is 0 Å². The number of ether oxygens (including phenoxy) is 1. The average Bonchev–Trinajstić information content (AvgIpc) is 2.38. The van der Waals surface area contributed by atoms with Gasteiger partial charge in [-0.15, -0.1) is 0 Å². The van der Waals surface area contributed by atoms with Crippen LogP contribution in [0, 0.1) is 13.8 Å². The number of carbonyl (C=O) groups is 2. The molecule has 0 aliphatic rings. The number of benzene rings is 1. The third kappa shape index (κ3) is 5.07. The zero-order valence-electron chi connectivity index (χ0n) is 12.4. The molecule has 3 N–H and O–H groups in total. The molecule has 0 heterocycles. The largest absolute Gasteiger partial charge is 0.493 e. The molecule has 1 amide bonds. The second-order valence-electron chi connectivity index (χ2n) is 4.94. The lowest BCUT2D eigenvalue weighted by atomic mass is 10.1. The van der Waals surface area contributed by atoms with Gasteiger partial charge in [0, 0.05) is 0 Å². The van der Waals surface area contributed by atoms with E-state index >= 15 is 0 Å². The fourth-order valence-electron chi connectivity index (χ4n) is 1.91. The van der Waals surface area contributed by atoms with Crippen LogP contribution in [0.4, 0.5) is 0 Å². The topological polar surface area (TPSA) is 95.9 Å². The van der Waals surface area contributed by atoms with Crippen LogP contribution in [0.1, 0.15) is 24.5 Å². The minimum atomic E-state index is -1.31. The quantitative estimate of drug-likeness (QED) is 0.698. The van der Waals surface area contributed by atoms with Gasteiger partial charge < -0.3 is 20.3 Å². The van der Waals surface area contributed by atoms with Gasteiger partial charge in [0.15, 0.2) is 6.04 Å². The lowest BCUT2D eigenvalue weighted by Gasteiger charge is -2.17. The Bertz CT molecular complexity index is 493. The zero-order valence-corrected chi connectivity index (χ0v) is 12.4. The molecule has 6 heteroatoms. The summed E-state index contributed by atoms with van der Waals surface area (Å²) < 4.78 is 5.57. The molecule has 0 radical (unpaired) electrons. The van der Waals surface area contributed by atoms with E-state index in [-0.39, 0.29) is 13.0 Å². The summed E-state index contributed by atoms with van der Waals surface area (Å²) in [5.41, 5.74) is 1.95. The molecule has 116 valence electrons. The number of aryl methyl sites for hydroxylation is 2. The van der Waals surface area contributed by atoms with E-state index in [9.17, 15) is 14.7 Å². The Morgan fingerprint density at radius 1 is 1.29 bits per heavy atom. The number of aliphatic carboxylic acids is 1. The molecule has 1 rings (SSSR count). The smallest absolute Gasteiger partial charge is 0.328 e. The van der Waals surface area contributed by atoms with Crippen LogP contribution in [0.2, 0.25) is 0 Å². The van der Waals surface area contributed by atoms with Crippen LogP contribution in [-0.4, -0.2) is 40.8 Å². The number of carbonyl (C=O) groups excluding carboxylic acids is 1. The third-order valence-electron chi connectivity index (χ3n) is 3.05.